The third kappa shape index (κ3) is 5.06. The summed E-state index contributed by atoms with van der Waals surface area (Å²) < 4.78 is 5.37. The van der Waals surface area contributed by atoms with Crippen LogP contribution in [0.5, 0.6) is 0 Å². The highest BCUT2D eigenvalue weighted by Crippen LogP contribution is 2.12. The smallest absolute Gasteiger partial charge is 0.226 e. The van der Waals surface area contributed by atoms with Gasteiger partial charge < -0.3 is 15.4 Å². The van der Waals surface area contributed by atoms with Crippen molar-refractivity contribution in [2.45, 2.75) is 13.3 Å². The van der Waals surface area contributed by atoms with Crippen molar-refractivity contribution < 1.29 is 9.53 Å². The van der Waals surface area contributed by atoms with Gasteiger partial charge in [-0.25, -0.2) is 4.98 Å². The van der Waals surface area contributed by atoms with E-state index in [1.165, 1.54) is 4.88 Å². The summed E-state index contributed by atoms with van der Waals surface area (Å²) in [6.07, 6.45) is 0.850. The zero-order valence-corrected chi connectivity index (χ0v) is 12.6. The van der Waals surface area contributed by atoms with Crippen molar-refractivity contribution in [2.24, 2.45) is 5.92 Å². The maximum absolute atomic E-state index is 11.9. The first-order chi connectivity index (χ1) is 8.77. The molecule has 0 bridgehead atoms. The lowest BCUT2D eigenvalue weighted by Gasteiger charge is -2.13. The number of nitrogens with zero attached hydrogens (tertiary/aromatic N) is 1. The van der Waals surface area contributed by atoms with Crippen LogP contribution in [0.15, 0.2) is 5.51 Å². The summed E-state index contributed by atoms with van der Waals surface area (Å²) in [4.78, 5) is 17.4. The predicted octanol–water partition coefficient (Wildman–Crippen LogP) is 0.768. The largest absolute Gasteiger partial charge is 0.379 e. The van der Waals surface area contributed by atoms with Gasteiger partial charge in [0, 0.05) is 30.9 Å². The van der Waals surface area contributed by atoms with E-state index < -0.39 is 0 Å². The van der Waals surface area contributed by atoms with Crippen LogP contribution >= 0.6 is 23.7 Å². The van der Waals surface area contributed by atoms with E-state index in [1.54, 1.807) is 11.3 Å². The Hall–Kier alpha value is -0.690. The zero-order valence-electron chi connectivity index (χ0n) is 11.0. The van der Waals surface area contributed by atoms with Crippen LogP contribution in [-0.4, -0.2) is 43.7 Å². The van der Waals surface area contributed by atoms with Crippen LogP contribution in [0.25, 0.3) is 0 Å². The fourth-order valence-corrected chi connectivity index (χ4v) is 2.66. The molecule has 1 atom stereocenters. The molecular weight excluding hydrogens is 286 g/mol. The molecule has 7 heteroatoms. The Morgan fingerprint density at radius 2 is 2.53 bits per heavy atom. The highest BCUT2D eigenvalue weighted by Gasteiger charge is 2.19. The van der Waals surface area contributed by atoms with Crippen LogP contribution < -0.4 is 10.6 Å². The van der Waals surface area contributed by atoms with Crippen LogP contribution in [0, 0.1) is 12.8 Å². The van der Waals surface area contributed by atoms with Crippen LogP contribution in [0.2, 0.25) is 0 Å². The molecule has 2 N–H and O–H groups in total. The molecule has 0 aliphatic carbocycles. The van der Waals surface area contributed by atoms with Crippen LogP contribution in [-0.2, 0) is 16.0 Å². The number of halogens is 1. The number of carbonyl (C=O) groups excluding carboxylic acids is 1. The van der Waals surface area contributed by atoms with Gasteiger partial charge in [-0.15, -0.1) is 23.7 Å². The summed E-state index contributed by atoms with van der Waals surface area (Å²) >= 11 is 1.64. The van der Waals surface area contributed by atoms with Crippen molar-refractivity contribution in [3.05, 3.63) is 16.1 Å². The SMILES string of the molecule is Cc1ncsc1CCNC(=O)C1CNCCOC1.Cl. The highest BCUT2D eigenvalue weighted by molar-refractivity contribution is 7.09. The van der Waals surface area contributed by atoms with E-state index in [-0.39, 0.29) is 24.2 Å². The summed E-state index contributed by atoms with van der Waals surface area (Å²) in [6.45, 7) is 5.38. The van der Waals surface area contributed by atoms with Crippen LogP contribution in [0.4, 0.5) is 0 Å². The molecule has 1 unspecified atom stereocenters. The molecule has 1 aliphatic heterocycles. The highest BCUT2D eigenvalue weighted by atomic mass is 35.5. The van der Waals surface area contributed by atoms with E-state index in [2.05, 4.69) is 15.6 Å². The second kappa shape index (κ2) is 8.47. The minimum Gasteiger partial charge on any atom is -0.379 e. The minimum atomic E-state index is -0.0740. The quantitative estimate of drug-likeness (QED) is 0.862. The summed E-state index contributed by atoms with van der Waals surface area (Å²) in [5.41, 5.74) is 2.91. The molecule has 5 nitrogen and oxygen atoms in total. The average molecular weight is 306 g/mol. The number of amides is 1. The Balaban J connectivity index is 0.00000180. The fourth-order valence-electron chi connectivity index (χ4n) is 1.88. The maximum atomic E-state index is 11.9. The first kappa shape index (κ1) is 16.4. The molecule has 19 heavy (non-hydrogen) atoms. The van der Waals surface area contributed by atoms with Gasteiger partial charge >= 0.3 is 0 Å². The molecule has 1 aromatic rings. The van der Waals surface area contributed by atoms with Gasteiger partial charge in [-0.05, 0) is 6.92 Å². The monoisotopic (exact) mass is 305 g/mol. The molecule has 1 amide bonds. The molecule has 108 valence electrons. The molecule has 0 aromatic carbocycles. The Bertz CT molecular complexity index is 392. The van der Waals surface area contributed by atoms with E-state index in [4.69, 9.17) is 4.74 Å². The van der Waals surface area contributed by atoms with E-state index in [1.807, 2.05) is 12.4 Å². The predicted molar refractivity (Wildman–Crippen MR) is 78.0 cm³/mol. The number of aromatic nitrogens is 1. The summed E-state index contributed by atoms with van der Waals surface area (Å²) in [7, 11) is 0. The number of nitrogens with one attached hydrogen (secondary N) is 2. The minimum absolute atomic E-state index is 0. The molecule has 2 rings (SSSR count). The second-order valence-electron chi connectivity index (χ2n) is 4.38. The van der Waals surface area contributed by atoms with E-state index in [0.29, 0.717) is 26.3 Å². The fraction of sp³-hybridized carbons (Fsp3) is 0.667. The lowest BCUT2D eigenvalue weighted by molar-refractivity contribution is -0.126. The van der Waals surface area contributed by atoms with Crippen molar-refractivity contribution in [2.75, 3.05) is 32.8 Å². The number of aryl methyl sites for hydroxylation is 1. The zero-order chi connectivity index (χ0) is 12.8. The van der Waals surface area contributed by atoms with Gasteiger partial charge in [0.2, 0.25) is 5.91 Å². The summed E-state index contributed by atoms with van der Waals surface area (Å²) in [5.74, 6) is 0.00151. The molecule has 0 radical (unpaired) electrons. The lowest BCUT2D eigenvalue weighted by atomic mass is 10.1. The van der Waals surface area contributed by atoms with E-state index in [0.717, 1.165) is 18.7 Å². The first-order valence-corrected chi connectivity index (χ1v) is 7.10. The number of rotatable bonds is 4. The molecule has 1 aromatic heterocycles. The standard InChI is InChI=1S/C12H19N3O2S.ClH/c1-9-11(18-8-15-9)2-3-14-12(16)10-6-13-4-5-17-7-10;/h8,10,13H,2-7H2,1H3,(H,14,16);1H. The van der Waals surface area contributed by atoms with Gasteiger partial charge in [-0.1, -0.05) is 0 Å². The van der Waals surface area contributed by atoms with E-state index >= 15 is 0 Å². The van der Waals surface area contributed by atoms with Crippen LogP contribution in [0.3, 0.4) is 0 Å². The van der Waals surface area contributed by atoms with Crippen molar-refractivity contribution >= 4 is 29.7 Å². The third-order valence-electron chi connectivity index (χ3n) is 3.00. The summed E-state index contributed by atoms with van der Waals surface area (Å²) in [6, 6.07) is 0. The number of hydrogen-bond acceptors (Lipinski definition) is 5. The molecule has 0 saturated carbocycles. The molecule has 1 aliphatic rings. The molecule has 0 spiro atoms. The van der Waals surface area contributed by atoms with Crippen molar-refractivity contribution in [1.82, 2.24) is 15.6 Å². The van der Waals surface area contributed by atoms with Gasteiger partial charge in [0.25, 0.3) is 0 Å². The molecule has 2 heterocycles. The second-order valence-corrected chi connectivity index (χ2v) is 5.32. The summed E-state index contributed by atoms with van der Waals surface area (Å²) in [5, 5.41) is 6.16. The van der Waals surface area contributed by atoms with Crippen molar-refractivity contribution in [3.8, 4) is 0 Å². The number of thiazole rings is 1. The number of ether oxygens (including phenoxy) is 1. The lowest BCUT2D eigenvalue weighted by Crippen LogP contribution is -2.38. The average Bonchev–Trinajstić information content (AvgIpc) is 2.64. The van der Waals surface area contributed by atoms with Gasteiger partial charge in [0.15, 0.2) is 0 Å². The van der Waals surface area contributed by atoms with Crippen LogP contribution in [0.1, 0.15) is 10.6 Å². The first-order valence-electron chi connectivity index (χ1n) is 6.22. The van der Waals surface area contributed by atoms with Gasteiger partial charge in [-0.3, -0.25) is 4.79 Å². The topological polar surface area (TPSA) is 63.2 Å². The van der Waals surface area contributed by atoms with Gasteiger partial charge in [-0.2, -0.15) is 0 Å². The number of carbonyl (C=O) groups is 1. The van der Waals surface area contributed by atoms with Gasteiger partial charge in [0.05, 0.1) is 30.3 Å². The number of hydrogen-bond donors (Lipinski definition) is 2. The maximum Gasteiger partial charge on any atom is 0.226 e. The Morgan fingerprint density at radius 3 is 3.26 bits per heavy atom. The Kier molecular flexibility index (Phi) is 7.30. The Labute approximate surface area is 123 Å². The van der Waals surface area contributed by atoms with Gasteiger partial charge in [0.1, 0.15) is 0 Å². The normalized spacial score (nSPS) is 19.3. The third-order valence-corrected chi connectivity index (χ3v) is 3.99. The van der Waals surface area contributed by atoms with Crippen molar-refractivity contribution in [3.63, 3.8) is 0 Å². The van der Waals surface area contributed by atoms with E-state index in [9.17, 15) is 4.79 Å². The Morgan fingerprint density at radius 1 is 1.68 bits per heavy atom. The molecule has 1 saturated heterocycles. The molecule has 1 fully saturated rings. The molecular formula is C12H20ClN3O2S. The van der Waals surface area contributed by atoms with Crippen molar-refractivity contribution in [1.29, 1.82) is 0 Å².